The first-order valence-corrected chi connectivity index (χ1v) is 3.76. The molecule has 0 fully saturated rings. The van der Waals surface area contributed by atoms with Crippen LogP contribution in [-0.2, 0) is 6.42 Å². The number of nitrogen functional groups attached to an aromatic ring is 1. The molecule has 1 aromatic carbocycles. The van der Waals surface area contributed by atoms with E-state index in [-0.39, 0.29) is 0 Å². The molecule has 4 nitrogen and oxygen atoms in total. The molecule has 0 spiro atoms. The van der Waals surface area contributed by atoms with E-state index in [1.165, 1.54) is 0 Å². The summed E-state index contributed by atoms with van der Waals surface area (Å²) in [4.78, 5) is 0. The summed E-state index contributed by atoms with van der Waals surface area (Å²) in [5, 5.41) is 7.42. The number of nitrogens with two attached hydrogens (primary N) is 1. The fourth-order valence-electron chi connectivity index (χ4n) is 1.19. The van der Waals surface area contributed by atoms with Gasteiger partial charge in [-0.15, -0.1) is 12.3 Å². The number of nitrogens with zero attached hydrogens (tertiary/aromatic N) is 2. The molecular weight excluding hydrogens is 166 g/mol. The molecule has 0 amide bonds. The molecule has 0 atom stereocenters. The molecule has 0 saturated carbocycles. The molecule has 0 bridgehead atoms. The summed E-state index contributed by atoms with van der Waals surface area (Å²) >= 11 is 0. The first-order chi connectivity index (χ1) is 6.33. The Labute approximate surface area is 74.7 Å². The van der Waals surface area contributed by atoms with Crippen molar-refractivity contribution in [2.45, 2.75) is 6.42 Å². The second-order valence-electron chi connectivity index (χ2n) is 2.66. The Morgan fingerprint density at radius 2 is 2.15 bits per heavy atom. The lowest BCUT2D eigenvalue weighted by Crippen LogP contribution is -1.90. The quantitative estimate of drug-likeness (QED) is 0.515. The SMILES string of the molecule is C#CCc1ccc(N)c2nonc12. The van der Waals surface area contributed by atoms with Gasteiger partial charge in [0.15, 0.2) is 5.52 Å². The van der Waals surface area contributed by atoms with Crippen molar-refractivity contribution in [1.82, 2.24) is 10.3 Å². The molecule has 0 radical (unpaired) electrons. The van der Waals surface area contributed by atoms with Gasteiger partial charge in [-0.1, -0.05) is 6.07 Å². The third kappa shape index (κ3) is 1.11. The van der Waals surface area contributed by atoms with E-state index in [2.05, 4.69) is 20.9 Å². The maximum atomic E-state index is 5.65. The first-order valence-electron chi connectivity index (χ1n) is 3.76. The highest BCUT2D eigenvalue weighted by Crippen LogP contribution is 2.20. The zero-order valence-corrected chi connectivity index (χ0v) is 6.82. The normalized spacial score (nSPS) is 10.1. The maximum absolute atomic E-state index is 5.65. The van der Waals surface area contributed by atoms with Crippen molar-refractivity contribution >= 4 is 16.7 Å². The largest absolute Gasteiger partial charge is 0.397 e. The molecule has 0 unspecified atom stereocenters. The van der Waals surface area contributed by atoms with Gasteiger partial charge >= 0.3 is 0 Å². The molecule has 2 N–H and O–H groups in total. The highest BCUT2D eigenvalue weighted by atomic mass is 16.6. The number of anilines is 1. The van der Waals surface area contributed by atoms with E-state index in [1.807, 2.05) is 6.07 Å². The van der Waals surface area contributed by atoms with Crippen LogP contribution in [0.5, 0.6) is 0 Å². The van der Waals surface area contributed by atoms with Gasteiger partial charge in [0.05, 0.1) is 5.69 Å². The van der Waals surface area contributed by atoms with Crippen molar-refractivity contribution in [1.29, 1.82) is 0 Å². The van der Waals surface area contributed by atoms with Crippen LogP contribution in [0, 0.1) is 12.3 Å². The number of aromatic nitrogens is 2. The van der Waals surface area contributed by atoms with Crippen LogP contribution < -0.4 is 5.73 Å². The van der Waals surface area contributed by atoms with E-state index >= 15 is 0 Å². The Kier molecular flexibility index (Phi) is 1.64. The van der Waals surface area contributed by atoms with Gasteiger partial charge in [0.1, 0.15) is 5.52 Å². The topological polar surface area (TPSA) is 64.9 Å². The lowest BCUT2D eigenvalue weighted by molar-refractivity contribution is 0.315. The van der Waals surface area contributed by atoms with Crippen LogP contribution in [0.25, 0.3) is 11.0 Å². The summed E-state index contributed by atoms with van der Waals surface area (Å²) in [5.74, 6) is 2.54. The highest BCUT2D eigenvalue weighted by molar-refractivity contribution is 5.88. The molecular formula is C9H7N3O. The molecule has 1 aromatic heterocycles. The van der Waals surface area contributed by atoms with Crippen LogP contribution in [0.2, 0.25) is 0 Å². The zero-order valence-electron chi connectivity index (χ0n) is 6.82. The summed E-state index contributed by atoms with van der Waals surface area (Å²) in [6, 6.07) is 3.58. The zero-order chi connectivity index (χ0) is 9.26. The minimum Gasteiger partial charge on any atom is -0.397 e. The molecule has 1 heterocycles. The first kappa shape index (κ1) is 7.62. The minimum absolute atomic E-state index is 0.505. The number of hydrogen-bond acceptors (Lipinski definition) is 4. The van der Waals surface area contributed by atoms with Crippen molar-refractivity contribution in [2.24, 2.45) is 0 Å². The summed E-state index contributed by atoms with van der Waals surface area (Å²) in [7, 11) is 0. The summed E-state index contributed by atoms with van der Waals surface area (Å²) in [5.41, 5.74) is 8.34. The third-order valence-corrected chi connectivity index (χ3v) is 1.82. The van der Waals surface area contributed by atoms with E-state index in [9.17, 15) is 0 Å². The lowest BCUT2D eigenvalue weighted by Gasteiger charge is -1.96. The molecule has 64 valence electrons. The van der Waals surface area contributed by atoms with Gasteiger partial charge in [-0.05, 0) is 21.9 Å². The van der Waals surface area contributed by atoms with Gasteiger partial charge in [-0.25, -0.2) is 4.63 Å². The Hall–Kier alpha value is -2.02. The average molecular weight is 173 g/mol. The minimum atomic E-state index is 0.505. The van der Waals surface area contributed by atoms with Crippen molar-refractivity contribution in [3.05, 3.63) is 17.7 Å². The van der Waals surface area contributed by atoms with Crippen molar-refractivity contribution in [3.63, 3.8) is 0 Å². The lowest BCUT2D eigenvalue weighted by atomic mass is 10.1. The fourth-order valence-corrected chi connectivity index (χ4v) is 1.19. The average Bonchev–Trinajstić information content (AvgIpc) is 2.59. The number of terminal acetylenes is 1. The van der Waals surface area contributed by atoms with Gasteiger partial charge in [0.2, 0.25) is 0 Å². The molecule has 4 heteroatoms. The predicted octanol–water partition coefficient (Wildman–Crippen LogP) is 0.981. The standard InChI is InChI=1S/C9H7N3O/c1-2-3-6-4-5-7(10)9-8(6)11-13-12-9/h1,4-5H,3,10H2. The smallest absolute Gasteiger partial charge is 0.158 e. The Morgan fingerprint density at radius 1 is 1.38 bits per heavy atom. The summed E-state index contributed by atoms with van der Waals surface area (Å²) in [6.07, 6.45) is 5.70. The van der Waals surface area contributed by atoms with Crippen LogP contribution in [0.1, 0.15) is 5.56 Å². The van der Waals surface area contributed by atoms with Gasteiger partial charge in [-0.3, -0.25) is 0 Å². The molecule has 0 saturated heterocycles. The Balaban J connectivity index is 2.72. The molecule has 2 rings (SSSR count). The maximum Gasteiger partial charge on any atom is 0.158 e. The van der Waals surface area contributed by atoms with E-state index in [1.54, 1.807) is 6.07 Å². The van der Waals surface area contributed by atoms with E-state index in [0.717, 1.165) is 5.56 Å². The fraction of sp³-hybridized carbons (Fsp3) is 0.111. The predicted molar refractivity (Wildman–Crippen MR) is 48.8 cm³/mol. The van der Waals surface area contributed by atoms with Crippen LogP contribution in [0.4, 0.5) is 5.69 Å². The van der Waals surface area contributed by atoms with Gasteiger partial charge in [0.25, 0.3) is 0 Å². The second kappa shape index (κ2) is 2.79. The van der Waals surface area contributed by atoms with Crippen molar-refractivity contribution in [3.8, 4) is 12.3 Å². The monoisotopic (exact) mass is 173 g/mol. The van der Waals surface area contributed by atoms with E-state index in [4.69, 9.17) is 12.2 Å². The molecule has 0 aliphatic heterocycles. The van der Waals surface area contributed by atoms with Gasteiger partial charge in [0, 0.05) is 6.42 Å². The van der Waals surface area contributed by atoms with Crippen LogP contribution in [0.15, 0.2) is 16.8 Å². The Morgan fingerprint density at radius 3 is 2.92 bits per heavy atom. The second-order valence-corrected chi connectivity index (χ2v) is 2.66. The van der Waals surface area contributed by atoms with Crippen molar-refractivity contribution in [2.75, 3.05) is 5.73 Å². The summed E-state index contributed by atoms with van der Waals surface area (Å²) in [6.45, 7) is 0. The molecule has 0 aliphatic rings. The molecule has 13 heavy (non-hydrogen) atoms. The van der Waals surface area contributed by atoms with Crippen LogP contribution in [0.3, 0.4) is 0 Å². The number of fused-ring (bicyclic) bond motifs is 1. The molecule has 0 aliphatic carbocycles. The van der Waals surface area contributed by atoms with Gasteiger partial charge in [-0.2, -0.15) is 0 Å². The van der Waals surface area contributed by atoms with Crippen molar-refractivity contribution < 1.29 is 4.63 Å². The van der Waals surface area contributed by atoms with Crippen LogP contribution in [-0.4, -0.2) is 10.3 Å². The van der Waals surface area contributed by atoms with Crippen LogP contribution >= 0.6 is 0 Å². The van der Waals surface area contributed by atoms with E-state index < -0.39 is 0 Å². The van der Waals surface area contributed by atoms with Gasteiger partial charge < -0.3 is 5.73 Å². The Bertz CT molecular complexity index is 481. The highest BCUT2D eigenvalue weighted by Gasteiger charge is 2.08. The summed E-state index contributed by atoms with van der Waals surface area (Å²) < 4.78 is 4.58. The number of rotatable bonds is 1. The van der Waals surface area contributed by atoms with E-state index in [0.29, 0.717) is 23.1 Å². The molecule has 2 aromatic rings. The number of benzene rings is 1. The number of hydrogen-bond donors (Lipinski definition) is 1. The third-order valence-electron chi connectivity index (χ3n) is 1.82.